The SMILES string of the molecule is O=C(NCc1ccccc1)c1ccnc(C(=O)N2CCCCC2)c1. The van der Waals surface area contributed by atoms with Gasteiger partial charge >= 0.3 is 0 Å². The molecule has 1 N–H and O–H groups in total. The fourth-order valence-electron chi connectivity index (χ4n) is 2.83. The summed E-state index contributed by atoms with van der Waals surface area (Å²) >= 11 is 0. The van der Waals surface area contributed by atoms with Crippen molar-refractivity contribution in [3.63, 3.8) is 0 Å². The molecule has 1 aromatic carbocycles. The Labute approximate surface area is 141 Å². The van der Waals surface area contributed by atoms with Crippen molar-refractivity contribution in [1.82, 2.24) is 15.2 Å². The smallest absolute Gasteiger partial charge is 0.272 e. The van der Waals surface area contributed by atoms with Gasteiger partial charge in [0.2, 0.25) is 0 Å². The number of benzene rings is 1. The van der Waals surface area contributed by atoms with Crippen LogP contribution in [0.4, 0.5) is 0 Å². The molecule has 1 fully saturated rings. The van der Waals surface area contributed by atoms with Crippen molar-refractivity contribution in [3.8, 4) is 0 Å². The molecule has 2 amide bonds. The molecule has 3 rings (SSSR count). The molecule has 5 nitrogen and oxygen atoms in total. The van der Waals surface area contributed by atoms with E-state index in [0.717, 1.165) is 31.5 Å². The molecule has 1 aliphatic rings. The molecule has 5 heteroatoms. The average Bonchev–Trinajstić information content (AvgIpc) is 2.67. The number of carbonyl (C=O) groups excluding carboxylic acids is 2. The third-order valence-corrected chi connectivity index (χ3v) is 4.18. The number of likely N-dealkylation sites (tertiary alicyclic amines) is 1. The Hall–Kier alpha value is -2.69. The molecular formula is C19H21N3O2. The lowest BCUT2D eigenvalue weighted by molar-refractivity contribution is 0.0718. The van der Waals surface area contributed by atoms with Crippen LogP contribution in [0.3, 0.4) is 0 Å². The third-order valence-electron chi connectivity index (χ3n) is 4.18. The van der Waals surface area contributed by atoms with Crippen LogP contribution in [-0.4, -0.2) is 34.8 Å². The van der Waals surface area contributed by atoms with E-state index in [0.29, 0.717) is 17.8 Å². The summed E-state index contributed by atoms with van der Waals surface area (Å²) in [6, 6.07) is 12.9. The van der Waals surface area contributed by atoms with E-state index < -0.39 is 0 Å². The predicted octanol–water partition coefficient (Wildman–Crippen LogP) is 2.64. The van der Waals surface area contributed by atoms with Gasteiger partial charge in [-0.1, -0.05) is 30.3 Å². The zero-order valence-electron chi connectivity index (χ0n) is 13.6. The van der Waals surface area contributed by atoms with Crippen molar-refractivity contribution in [1.29, 1.82) is 0 Å². The van der Waals surface area contributed by atoms with Crippen LogP contribution in [0.5, 0.6) is 0 Å². The number of hydrogen-bond donors (Lipinski definition) is 1. The van der Waals surface area contributed by atoms with Crippen LogP contribution in [0.2, 0.25) is 0 Å². The van der Waals surface area contributed by atoms with Crippen molar-refractivity contribution in [2.24, 2.45) is 0 Å². The second kappa shape index (κ2) is 7.73. The van der Waals surface area contributed by atoms with Gasteiger partial charge < -0.3 is 10.2 Å². The van der Waals surface area contributed by atoms with Gasteiger partial charge in [0.1, 0.15) is 5.69 Å². The second-order valence-electron chi connectivity index (χ2n) is 5.95. The number of aromatic nitrogens is 1. The molecule has 0 unspecified atom stereocenters. The quantitative estimate of drug-likeness (QED) is 0.941. The Bertz CT molecular complexity index is 710. The van der Waals surface area contributed by atoms with E-state index in [2.05, 4.69) is 10.3 Å². The van der Waals surface area contributed by atoms with Crippen molar-refractivity contribution >= 4 is 11.8 Å². The summed E-state index contributed by atoms with van der Waals surface area (Å²) in [6.07, 6.45) is 4.75. The molecule has 124 valence electrons. The van der Waals surface area contributed by atoms with Gasteiger partial charge in [-0.3, -0.25) is 14.6 Å². The maximum atomic E-state index is 12.5. The fraction of sp³-hybridized carbons (Fsp3) is 0.316. The highest BCUT2D eigenvalue weighted by atomic mass is 16.2. The van der Waals surface area contributed by atoms with E-state index in [1.54, 1.807) is 12.1 Å². The summed E-state index contributed by atoms with van der Waals surface area (Å²) in [4.78, 5) is 30.8. The van der Waals surface area contributed by atoms with Crippen LogP contribution in [0.1, 0.15) is 45.7 Å². The molecule has 0 spiro atoms. The Morgan fingerprint density at radius 2 is 1.79 bits per heavy atom. The van der Waals surface area contributed by atoms with Crippen LogP contribution in [0, 0.1) is 0 Å². The molecule has 0 bridgehead atoms. The Balaban J connectivity index is 1.65. The Morgan fingerprint density at radius 3 is 2.54 bits per heavy atom. The minimum Gasteiger partial charge on any atom is -0.348 e. The molecule has 2 aromatic rings. The maximum absolute atomic E-state index is 12.5. The van der Waals surface area contributed by atoms with Gasteiger partial charge in [0.05, 0.1) is 0 Å². The largest absolute Gasteiger partial charge is 0.348 e. The monoisotopic (exact) mass is 323 g/mol. The summed E-state index contributed by atoms with van der Waals surface area (Å²) in [5.41, 5.74) is 1.83. The number of hydrogen-bond acceptors (Lipinski definition) is 3. The first-order valence-electron chi connectivity index (χ1n) is 8.31. The highest BCUT2D eigenvalue weighted by Gasteiger charge is 2.20. The molecule has 1 aromatic heterocycles. The van der Waals surface area contributed by atoms with Crippen LogP contribution in [0.25, 0.3) is 0 Å². The zero-order chi connectivity index (χ0) is 16.8. The number of nitrogens with one attached hydrogen (secondary N) is 1. The molecule has 1 saturated heterocycles. The lowest BCUT2D eigenvalue weighted by atomic mass is 10.1. The van der Waals surface area contributed by atoms with Gasteiger partial charge in [-0.15, -0.1) is 0 Å². The van der Waals surface area contributed by atoms with Gasteiger partial charge in [0.15, 0.2) is 0 Å². The van der Waals surface area contributed by atoms with Crippen molar-refractivity contribution < 1.29 is 9.59 Å². The highest BCUT2D eigenvalue weighted by Crippen LogP contribution is 2.13. The highest BCUT2D eigenvalue weighted by molar-refractivity contribution is 5.98. The van der Waals surface area contributed by atoms with Crippen molar-refractivity contribution in [2.45, 2.75) is 25.8 Å². The number of piperidine rings is 1. The van der Waals surface area contributed by atoms with Crippen molar-refractivity contribution in [3.05, 3.63) is 65.5 Å². The minimum atomic E-state index is -0.200. The van der Waals surface area contributed by atoms with E-state index in [9.17, 15) is 9.59 Å². The Morgan fingerprint density at radius 1 is 1.04 bits per heavy atom. The van der Waals surface area contributed by atoms with Crippen LogP contribution >= 0.6 is 0 Å². The number of amides is 2. The molecule has 1 aliphatic heterocycles. The van der Waals surface area contributed by atoms with E-state index in [1.807, 2.05) is 35.2 Å². The zero-order valence-corrected chi connectivity index (χ0v) is 13.6. The van der Waals surface area contributed by atoms with Gasteiger partial charge in [0.25, 0.3) is 11.8 Å². The normalized spacial score (nSPS) is 14.2. The number of carbonyl (C=O) groups is 2. The lowest BCUT2D eigenvalue weighted by Crippen LogP contribution is -2.36. The van der Waals surface area contributed by atoms with Gasteiger partial charge in [-0.05, 0) is 37.0 Å². The summed E-state index contributed by atoms with van der Waals surface area (Å²) in [6.45, 7) is 1.99. The summed E-state index contributed by atoms with van der Waals surface area (Å²) in [5.74, 6) is -0.290. The van der Waals surface area contributed by atoms with Crippen molar-refractivity contribution in [2.75, 3.05) is 13.1 Å². The van der Waals surface area contributed by atoms with Crippen LogP contribution < -0.4 is 5.32 Å². The fourth-order valence-corrected chi connectivity index (χ4v) is 2.83. The van der Waals surface area contributed by atoms with E-state index in [-0.39, 0.29) is 11.8 Å². The first-order valence-corrected chi connectivity index (χ1v) is 8.31. The topological polar surface area (TPSA) is 62.3 Å². The molecule has 24 heavy (non-hydrogen) atoms. The lowest BCUT2D eigenvalue weighted by Gasteiger charge is -2.26. The molecule has 0 atom stereocenters. The summed E-state index contributed by atoms with van der Waals surface area (Å²) in [5, 5.41) is 2.87. The second-order valence-corrected chi connectivity index (χ2v) is 5.95. The first-order chi connectivity index (χ1) is 11.7. The minimum absolute atomic E-state index is 0.0904. The first kappa shape index (κ1) is 16.2. The van der Waals surface area contributed by atoms with Crippen LogP contribution in [0.15, 0.2) is 48.7 Å². The summed E-state index contributed by atoms with van der Waals surface area (Å²) < 4.78 is 0. The van der Waals surface area contributed by atoms with Gasteiger partial charge in [0, 0.05) is 31.4 Å². The molecule has 0 saturated carbocycles. The molecule has 2 heterocycles. The van der Waals surface area contributed by atoms with E-state index in [1.165, 1.54) is 12.6 Å². The number of pyridine rings is 1. The predicted molar refractivity (Wildman–Crippen MR) is 91.6 cm³/mol. The molecule has 0 radical (unpaired) electrons. The van der Waals surface area contributed by atoms with E-state index >= 15 is 0 Å². The Kier molecular flexibility index (Phi) is 5.21. The standard InChI is InChI=1S/C19H21N3O2/c23-18(21-14-15-7-3-1-4-8-15)16-9-10-20-17(13-16)19(24)22-11-5-2-6-12-22/h1,3-4,7-10,13H,2,5-6,11-12,14H2,(H,21,23). The van der Waals surface area contributed by atoms with Crippen LogP contribution in [-0.2, 0) is 6.54 Å². The number of nitrogens with zero attached hydrogens (tertiary/aromatic N) is 2. The maximum Gasteiger partial charge on any atom is 0.272 e. The summed E-state index contributed by atoms with van der Waals surface area (Å²) in [7, 11) is 0. The van der Waals surface area contributed by atoms with Gasteiger partial charge in [-0.25, -0.2) is 0 Å². The van der Waals surface area contributed by atoms with Gasteiger partial charge in [-0.2, -0.15) is 0 Å². The molecule has 0 aliphatic carbocycles. The average molecular weight is 323 g/mol. The van der Waals surface area contributed by atoms with E-state index in [4.69, 9.17) is 0 Å². The third kappa shape index (κ3) is 3.98. The molecular weight excluding hydrogens is 302 g/mol. The number of rotatable bonds is 4.